The van der Waals surface area contributed by atoms with Gasteiger partial charge in [-0.1, -0.05) is 35.9 Å². The van der Waals surface area contributed by atoms with Crippen molar-refractivity contribution in [1.29, 1.82) is 0 Å². The molecule has 0 saturated carbocycles. The first-order valence-electron chi connectivity index (χ1n) is 8.75. The summed E-state index contributed by atoms with van der Waals surface area (Å²) in [4.78, 5) is 14.6. The van der Waals surface area contributed by atoms with E-state index >= 15 is 0 Å². The van der Waals surface area contributed by atoms with Crippen LogP contribution in [0, 0.1) is 20.8 Å². The maximum absolute atomic E-state index is 12.7. The summed E-state index contributed by atoms with van der Waals surface area (Å²) in [6.45, 7) is 5.85. The van der Waals surface area contributed by atoms with Crippen molar-refractivity contribution in [3.8, 4) is 0 Å². The first-order chi connectivity index (χ1) is 12.3. The van der Waals surface area contributed by atoms with Gasteiger partial charge < -0.3 is 4.90 Å². The molecule has 3 rings (SSSR count). The quantitative estimate of drug-likeness (QED) is 0.897. The van der Waals surface area contributed by atoms with Crippen LogP contribution >= 0.6 is 0 Å². The molecule has 0 spiro atoms. The van der Waals surface area contributed by atoms with Crippen LogP contribution < -0.4 is 9.62 Å². The molecule has 0 saturated heterocycles. The number of sulfonamides is 1. The predicted octanol–water partition coefficient (Wildman–Crippen LogP) is 2.87. The number of aryl methyl sites for hydroxylation is 4. The van der Waals surface area contributed by atoms with Crippen molar-refractivity contribution in [2.24, 2.45) is 0 Å². The van der Waals surface area contributed by atoms with E-state index in [9.17, 15) is 13.2 Å². The Bertz CT molecular complexity index is 928. The van der Waals surface area contributed by atoms with E-state index in [2.05, 4.69) is 4.72 Å². The highest BCUT2D eigenvalue weighted by molar-refractivity contribution is 7.89. The van der Waals surface area contributed by atoms with Gasteiger partial charge in [-0.15, -0.1) is 0 Å². The van der Waals surface area contributed by atoms with Gasteiger partial charge in [0.15, 0.2) is 0 Å². The molecule has 0 aromatic heterocycles. The minimum Gasteiger partial charge on any atom is -0.311 e. The molecule has 26 heavy (non-hydrogen) atoms. The molecule has 1 aliphatic rings. The molecular weight excluding hydrogens is 348 g/mol. The summed E-state index contributed by atoms with van der Waals surface area (Å²) in [5.41, 5.74) is 4.39. The molecule has 1 amide bonds. The number of rotatable bonds is 4. The van der Waals surface area contributed by atoms with Crippen LogP contribution in [0.3, 0.4) is 0 Å². The Morgan fingerprint density at radius 1 is 1.12 bits per heavy atom. The summed E-state index contributed by atoms with van der Waals surface area (Å²) in [6, 6.07) is 11.5. The molecule has 1 N–H and O–H groups in total. The van der Waals surface area contributed by atoms with E-state index in [1.165, 1.54) is 0 Å². The van der Waals surface area contributed by atoms with Crippen LogP contribution in [0.2, 0.25) is 0 Å². The summed E-state index contributed by atoms with van der Waals surface area (Å²) in [6.07, 6.45) is 1.82. The molecule has 2 aromatic carbocycles. The Hall–Kier alpha value is -2.18. The second-order valence-electron chi connectivity index (χ2n) is 6.83. The molecule has 0 bridgehead atoms. The molecule has 1 heterocycles. The lowest BCUT2D eigenvalue weighted by Crippen LogP contribution is -2.42. The fourth-order valence-corrected chi connectivity index (χ4v) is 5.13. The summed E-state index contributed by atoms with van der Waals surface area (Å²) < 4.78 is 28.0. The van der Waals surface area contributed by atoms with Crippen molar-refractivity contribution in [3.63, 3.8) is 0 Å². The van der Waals surface area contributed by atoms with Crippen molar-refractivity contribution in [1.82, 2.24) is 4.72 Å². The monoisotopic (exact) mass is 372 g/mol. The third-order valence-corrected chi connectivity index (χ3v) is 6.40. The van der Waals surface area contributed by atoms with Gasteiger partial charge in [-0.25, -0.2) is 13.1 Å². The molecule has 0 unspecified atom stereocenters. The predicted molar refractivity (Wildman–Crippen MR) is 103 cm³/mol. The third-order valence-electron chi connectivity index (χ3n) is 4.70. The number of anilines is 1. The standard InChI is InChI=1S/C20H24N2O3S/c1-14-11-15(2)20(16(3)12-14)26(24,25)21-13-19(23)22-10-6-8-17-7-4-5-9-18(17)22/h4-5,7,9,11-12,21H,6,8,10,13H2,1-3H3. The first-order valence-corrected chi connectivity index (χ1v) is 10.2. The fourth-order valence-electron chi connectivity index (χ4n) is 3.71. The maximum Gasteiger partial charge on any atom is 0.242 e. The van der Waals surface area contributed by atoms with Crippen molar-refractivity contribution >= 4 is 21.6 Å². The molecule has 0 aliphatic carbocycles. The van der Waals surface area contributed by atoms with E-state index in [4.69, 9.17) is 0 Å². The minimum absolute atomic E-state index is 0.233. The largest absolute Gasteiger partial charge is 0.311 e. The maximum atomic E-state index is 12.7. The summed E-state index contributed by atoms with van der Waals surface area (Å²) in [5.74, 6) is -0.233. The number of nitrogens with one attached hydrogen (secondary N) is 1. The number of hydrogen-bond acceptors (Lipinski definition) is 3. The average Bonchev–Trinajstić information content (AvgIpc) is 2.58. The number of para-hydroxylation sites is 1. The van der Waals surface area contributed by atoms with Gasteiger partial charge in [0.1, 0.15) is 0 Å². The van der Waals surface area contributed by atoms with Crippen molar-refractivity contribution in [2.45, 2.75) is 38.5 Å². The fraction of sp³-hybridized carbons (Fsp3) is 0.350. The minimum atomic E-state index is -3.75. The zero-order valence-electron chi connectivity index (χ0n) is 15.4. The van der Waals surface area contributed by atoms with Gasteiger partial charge in [-0.05, 0) is 56.4 Å². The second kappa shape index (κ2) is 7.21. The Balaban J connectivity index is 1.78. The Morgan fingerprint density at radius 3 is 2.46 bits per heavy atom. The normalized spacial score (nSPS) is 14.2. The van der Waals surface area contributed by atoms with Crippen LogP contribution in [0.1, 0.15) is 28.7 Å². The van der Waals surface area contributed by atoms with E-state index in [0.717, 1.165) is 29.7 Å². The van der Waals surface area contributed by atoms with Gasteiger partial charge in [0.2, 0.25) is 15.9 Å². The van der Waals surface area contributed by atoms with Crippen LogP contribution in [0.4, 0.5) is 5.69 Å². The van der Waals surface area contributed by atoms with Crippen molar-refractivity contribution in [2.75, 3.05) is 18.0 Å². The second-order valence-corrected chi connectivity index (χ2v) is 8.53. The van der Waals surface area contributed by atoms with Crippen LogP contribution in [0.5, 0.6) is 0 Å². The van der Waals surface area contributed by atoms with Gasteiger partial charge in [-0.3, -0.25) is 4.79 Å². The van der Waals surface area contributed by atoms with Crippen LogP contribution in [0.15, 0.2) is 41.3 Å². The molecular formula is C20H24N2O3S. The number of carbonyl (C=O) groups is 1. The highest BCUT2D eigenvalue weighted by Crippen LogP contribution is 2.27. The Morgan fingerprint density at radius 2 is 1.77 bits per heavy atom. The molecule has 5 nitrogen and oxygen atoms in total. The van der Waals surface area contributed by atoms with E-state index < -0.39 is 10.0 Å². The molecule has 1 aliphatic heterocycles. The van der Waals surface area contributed by atoms with Crippen molar-refractivity contribution < 1.29 is 13.2 Å². The van der Waals surface area contributed by atoms with Gasteiger partial charge in [0.25, 0.3) is 0 Å². The number of nitrogens with zero attached hydrogens (tertiary/aromatic N) is 1. The topological polar surface area (TPSA) is 66.5 Å². The van der Waals surface area contributed by atoms with Crippen LogP contribution in [0.25, 0.3) is 0 Å². The first kappa shape index (κ1) is 18.6. The Kier molecular flexibility index (Phi) is 5.16. The molecule has 0 radical (unpaired) electrons. The van der Waals surface area contributed by atoms with Gasteiger partial charge >= 0.3 is 0 Å². The van der Waals surface area contributed by atoms with Gasteiger partial charge in [-0.2, -0.15) is 0 Å². The molecule has 2 aromatic rings. The zero-order chi connectivity index (χ0) is 18.9. The Labute approximate surface area is 155 Å². The summed E-state index contributed by atoms with van der Waals surface area (Å²) in [7, 11) is -3.75. The zero-order valence-corrected chi connectivity index (χ0v) is 16.2. The van der Waals surface area contributed by atoms with E-state index in [0.29, 0.717) is 17.7 Å². The van der Waals surface area contributed by atoms with Crippen LogP contribution in [-0.4, -0.2) is 27.4 Å². The lowest BCUT2D eigenvalue weighted by atomic mass is 10.0. The SMILES string of the molecule is Cc1cc(C)c(S(=O)(=O)NCC(=O)N2CCCc3ccccc32)c(C)c1. The van der Waals surface area contributed by atoms with E-state index in [1.807, 2.05) is 43.3 Å². The van der Waals surface area contributed by atoms with E-state index in [-0.39, 0.29) is 17.3 Å². The lowest BCUT2D eigenvalue weighted by molar-refractivity contribution is -0.117. The smallest absolute Gasteiger partial charge is 0.242 e. The molecule has 0 fully saturated rings. The van der Waals surface area contributed by atoms with Crippen molar-refractivity contribution in [3.05, 3.63) is 58.7 Å². The summed E-state index contributed by atoms with van der Waals surface area (Å²) >= 11 is 0. The number of hydrogen-bond donors (Lipinski definition) is 1. The van der Waals surface area contributed by atoms with Crippen LogP contribution in [-0.2, 0) is 21.2 Å². The number of carbonyl (C=O) groups excluding carboxylic acids is 1. The lowest BCUT2D eigenvalue weighted by Gasteiger charge is -2.29. The molecule has 0 atom stereocenters. The highest BCUT2D eigenvalue weighted by Gasteiger charge is 2.25. The number of amides is 1. The molecule has 6 heteroatoms. The average molecular weight is 372 g/mol. The number of benzene rings is 2. The molecule has 138 valence electrons. The third kappa shape index (κ3) is 3.66. The van der Waals surface area contributed by atoms with E-state index in [1.54, 1.807) is 18.7 Å². The van der Waals surface area contributed by atoms with Gasteiger partial charge in [0, 0.05) is 12.2 Å². The summed E-state index contributed by atoms with van der Waals surface area (Å²) in [5, 5.41) is 0. The highest BCUT2D eigenvalue weighted by atomic mass is 32.2. The van der Waals surface area contributed by atoms with Gasteiger partial charge in [0.05, 0.1) is 11.4 Å². The number of fused-ring (bicyclic) bond motifs is 1.